The largest absolute Gasteiger partial charge is 0.497 e. The van der Waals surface area contributed by atoms with Gasteiger partial charge in [-0.05, 0) is 54.5 Å². The molecule has 1 aliphatic heterocycles. The average Bonchev–Trinajstić information content (AvgIpc) is 3.61. The van der Waals surface area contributed by atoms with E-state index in [1.807, 2.05) is 42.5 Å². The third-order valence-corrected chi connectivity index (χ3v) is 5.98. The third-order valence-electron chi connectivity index (χ3n) is 5.98. The van der Waals surface area contributed by atoms with Gasteiger partial charge in [0.15, 0.2) is 0 Å². The molecule has 1 N–H and O–H groups in total. The summed E-state index contributed by atoms with van der Waals surface area (Å²) in [6, 6.07) is 15.1. The standard InChI is InChI=1S/C24H28N2O3/c1-3-21(17-10-12-19(29-2)13-11-17)25-23(27)22-20-7-5-4-6-16(20)14-15-26(22)24(28)18-8-9-18/h4-7,10-13,18,21-22H,3,8-9,14-15H2,1-2H3,(H,25,27)/t21-,22+/m1/s1. The van der Waals surface area contributed by atoms with Crippen LogP contribution in [-0.4, -0.2) is 30.4 Å². The second-order valence-corrected chi connectivity index (χ2v) is 7.90. The summed E-state index contributed by atoms with van der Waals surface area (Å²) in [6.45, 7) is 2.65. The number of hydrogen-bond acceptors (Lipinski definition) is 3. The molecule has 152 valence electrons. The molecule has 1 aliphatic carbocycles. The van der Waals surface area contributed by atoms with E-state index in [9.17, 15) is 9.59 Å². The van der Waals surface area contributed by atoms with Crippen LogP contribution < -0.4 is 10.1 Å². The zero-order valence-corrected chi connectivity index (χ0v) is 17.1. The van der Waals surface area contributed by atoms with Crippen LogP contribution in [0.2, 0.25) is 0 Å². The number of amides is 2. The molecule has 5 heteroatoms. The number of methoxy groups -OCH3 is 1. The number of carbonyl (C=O) groups is 2. The second kappa shape index (κ2) is 8.27. The van der Waals surface area contributed by atoms with Crippen molar-refractivity contribution in [3.05, 3.63) is 65.2 Å². The van der Waals surface area contributed by atoms with Crippen LogP contribution in [0.4, 0.5) is 0 Å². The van der Waals surface area contributed by atoms with Crippen LogP contribution in [0.1, 0.15) is 55.0 Å². The minimum atomic E-state index is -0.555. The maximum atomic E-state index is 13.5. The maximum absolute atomic E-state index is 13.5. The van der Waals surface area contributed by atoms with Crippen molar-refractivity contribution in [2.24, 2.45) is 5.92 Å². The Bertz CT molecular complexity index is 889. The Morgan fingerprint density at radius 2 is 1.86 bits per heavy atom. The van der Waals surface area contributed by atoms with Crippen LogP contribution in [0.25, 0.3) is 0 Å². The molecule has 1 heterocycles. The van der Waals surface area contributed by atoms with Crippen molar-refractivity contribution in [3.8, 4) is 5.75 Å². The van der Waals surface area contributed by atoms with E-state index in [0.717, 1.165) is 48.1 Å². The number of hydrogen-bond donors (Lipinski definition) is 1. The van der Waals surface area contributed by atoms with E-state index in [0.29, 0.717) is 6.54 Å². The van der Waals surface area contributed by atoms with E-state index >= 15 is 0 Å². The van der Waals surface area contributed by atoms with E-state index in [2.05, 4.69) is 18.3 Å². The van der Waals surface area contributed by atoms with Gasteiger partial charge < -0.3 is 15.0 Å². The van der Waals surface area contributed by atoms with E-state index < -0.39 is 6.04 Å². The number of ether oxygens (including phenoxy) is 1. The molecule has 5 nitrogen and oxygen atoms in total. The number of rotatable bonds is 6. The van der Waals surface area contributed by atoms with Gasteiger partial charge in [-0.1, -0.05) is 43.3 Å². The molecule has 1 saturated carbocycles. The first-order valence-corrected chi connectivity index (χ1v) is 10.4. The second-order valence-electron chi connectivity index (χ2n) is 7.90. The van der Waals surface area contributed by atoms with Crippen molar-refractivity contribution in [2.45, 2.75) is 44.7 Å². The minimum Gasteiger partial charge on any atom is -0.497 e. The van der Waals surface area contributed by atoms with Crippen LogP contribution in [0.15, 0.2) is 48.5 Å². The van der Waals surface area contributed by atoms with Crippen LogP contribution in [-0.2, 0) is 16.0 Å². The molecule has 0 radical (unpaired) electrons. The van der Waals surface area contributed by atoms with Gasteiger partial charge in [0.05, 0.1) is 13.2 Å². The van der Waals surface area contributed by atoms with Crippen molar-refractivity contribution in [1.29, 1.82) is 0 Å². The highest BCUT2D eigenvalue weighted by Crippen LogP contribution is 2.37. The fraction of sp³-hybridized carbons (Fsp3) is 0.417. The lowest BCUT2D eigenvalue weighted by molar-refractivity contribution is -0.142. The van der Waals surface area contributed by atoms with Crippen molar-refractivity contribution >= 4 is 11.8 Å². The van der Waals surface area contributed by atoms with Crippen molar-refractivity contribution in [3.63, 3.8) is 0 Å². The van der Waals surface area contributed by atoms with Gasteiger partial charge in [-0.3, -0.25) is 9.59 Å². The lowest BCUT2D eigenvalue weighted by atomic mass is 9.91. The number of nitrogens with zero attached hydrogens (tertiary/aromatic N) is 1. The number of benzene rings is 2. The molecule has 0 saturated heterocycles. The van der Waals surface area contributed by atoms with Gasteiger partial charge >= 0.3 is 0 Å². The summed E-state index contributed by atoms with van der Waals surface area (Å²) in [4.78, 5) is 28.2. The summed E-state index contributed by atoms with van der Waals surface area (Å²) in [5.41, 5.74) is 3.14. The molecule has 0 spiro atoms. The van der Waals surface area contributed by atoms with E-state index in [1.165, 1.54) is 0 Å². The molecule has 4 rings (SSSR count). The first kappa shape index (κ1) is 19.5. The van der Waals surface area contributed by atoms with Crippen molar-refractivity contribution < 1.29 is 14.3 Å². The number of carbonyl (C=O) groups excluding carboxylic acids is 2. The highest BCUT2D eigenvalue weighted by molar-refractivity contribution is 5.91. The van der Waals surface area contributed by atoms with E-state index in [1.54, 1.807) is 12.0 Å². The van der Waals surface area contributed by atoms with Crippen LogP contribution in [0.5, 0.6) is 5.75 Å². The Hall–Kier alpha value is -2.82. The molecule has 2 atom stereocenters. The van der Waals surface area contributed by atoms with Crippen LogP contribution in [0.3, 0.4) is 0 Å². The highest BCUT2D eigenvalue weighted by atomic mass is 16.5. The normalized spacial score (nSPS) is 19.2. The minimum absolute atomic E-state index is 0.0964. The third kappa shape index (κ3) is 4.00. The molecule has 29 heavy (non-hydrogen) atoms. The zero-order chi connectivity index (χ0) is 20.4. The monoisotopic (exact) mass is 392 g/mol. The van der Waals surface area contributed by atoms with Crippen molar-refractivity contribution in [1.82, 2.24) is 10.2 Å². The molecule has 2 amide bonds. The van der Waals surface area contributed by atoms with Gasteiger partial charge in [0, 0.05) is 12.5 Å². The smallest absolute Gasteiger partial charge is 0.247 e. The van der Waals surface area contributed by atoms with E-state index in [4.69, 9.17) is 4.74 Å². The SMILES string of the molecule is CC[C@@H](NC(=O)[C@@H]1c2ccccc2CCN1C(=O)C1CC1)c1ccc(OC)cc1. The van der Waals surface area contributed by atoms with Crippen molar-refractivity contribution in [2.75, 3.05) is 13.7 Å². The Kier molecular flexibility index (Phi) is 5.56. The van der Waals surface area contributed by atoms with Crippen LogP contribution >= 0.6 is 0 Å². The lowest BCUT2D eigenvalue weighted by Gasteiger charge is -2.37. The summed E-state index contributed by atoms with van der Waals surface area (Å²) >= 11 is 0. The molecule has 1 fully saturated rings. The molecular weight excluding hydrogens is 364 g/mol. The fourth-order valence-electron chi connectivity index (χ4n) is 4.16. The molecular formula is C24H28N2O3. The van der Waals surface area contributed by atoms with Gasteiger partial charge in [-0.2, -0.15) is 0 Å². The van der Waals surface area contributed by atoms with Gasteiger partial charge in [-0.15, -0.1) is 0 Å². The van der Waals surface area contributed by atoms with Gasteiger partial charge in [0.2, 0.25) is 11.8 Å². The maximum Gasteiger partial charge on any atom is 0.247 e. The number of nitrogens with one attached hydrogen (secondary N) is 1. The van der Waals surface area contributed by atoms with Gasteiger partial charge in [-0.25, -0.2) is 0 Å². The summed E-state index contributed by atoms with van der Waals surface area (Å²) in [6.07, 6.45) is 3.45. The highest BCUT2D eigenvalue weighted by Gasteiger charge is 2.41. The predicted octanol–water partition coefficient (Wildman–Crippen LogP) is 3.80. The molecule has 0 bridgehead atoms. The molecule has 2 aromatic rings. The Morgan fingerprint density at radius 3 is 2.52 bits per heavy atom. The Labute approximate surface area is 172 Å². The molecule has 2 aromatic carbocycles. The molecule has 0 aromatic heterocycles. The summed E-state index contributed by atoms with van der Waals surface area (Å²) in [7, 11) is 1.64. The lowest BCUT2D eigenvalue weighted by Crippen LogP contribution is -2.48. The summed E-state index contributed by atoms with van der Waals surface area (Å²) in [5, 5.41) is 3.20. The Balaban J connectivity index is 1.60. The predicted molar refractivity (Wildman–Crippen MR) is 111 cm³/mol. The fourth-order valence-corrected chi connectivity index (χ4v) is 4.16. The number of fused-ring (bicyclic) bond motifs is 1. The molecule has 2 aliphatic rings. The first-order valence-electron chi connectivity index (χ1n) is 10.4. The first-order chi connectivity index (χ1) is 14.1. The quantitative estimate of drug-likeness (QED) is 0.814. The van der Waals surface area contributed by atoms with Gasteiger partial charge in [0.1, 0.15) is 11.8 Å². The summed E-state index contributed by atoms with van der Waals surface area (Å²) < 4.78 is 5.24. The summed E-state index contributed by atoms with van der Waals surface area (Å²) in [5.74, 6) is 0.905. The Morgan fingerprint density at radius 1 is 1.14 bits per heavy atom. The topological polar surface area (TPSA) is 58.6 Å². The van der Waals surface area contributed by atoms with Crippen LogP contribution in [0, 0.1) is 5.92 Å². The zero-order valence-electron chi connectivity index (χ0n) is 17.1. The molecule has 0 unspecified atom stereocenters. The van der Waals surface area contributed by atoms with Gasteiger partial charge in [0.25, 0.3) is 0 Å². The average molecular weight is 392 g/mol. The van der Waals surface area contributed by atoms with E-state index in [-0.39, 0.29) is 23.8 Å².